The van der Waals surface area contributed by atoms with Crippen LogP contribution in [0.25, 0.3) is 6.08 Å². The number of hydrogen-bond acceptors (Lipinski definition) is 2. The number of benzene rings is 2. The molecule has 0 amide bonds. The van der Waals surface area contributed by atoms with Gasteiger partial charge in [0.25, 0.3) is 0 Å². The average molecular weight is 376 g/mol. The average Bonchev–Trinajstić information content (AvgIpc) is 2.56. The summed E-state index contributed by atoms with van der Waals surface area (Å²) >= 11 is 6.12. The molecule has 1 N–H and O–H groups in total. The van der Waals surface area contributed by atoms with Crippen LogP contribution in [0.3, 0.4) is 0 Å². The maximum Gasteiger partial charge on any atom is 0.123 e. The quantitative estimate of drug-likeness (QED) is 0.731. The molecule has 0 aliphatic rings. The van der Waals surface area contributed by atoms with Crippen molar-refractivity contribution in [3.05, 3.63) is 76.1 Å². The predicted octanol–water partition coefficient (Wildman–Crippen LogP) is 5.05. The first-order valence-corrected chi connectivity index (χ1v) is 9.14. The van der Waals surface area contributed by atoms with Gasteiger partial charge in [0, 0.05) is 23.9 Å². The second-order valence-electron chi connectivity index (χ2n) is 7.27. The zero-order chi connectivity index (χ0) is 19.3. The summed E-state index contributed by atoms with van der Waals surface area (Å²) in [5.41, 5.74) is 1.66. The molecule has 0 bridgehead atoms. The van der Waals surface area contributed by atoms with Crippen molar-refractivity contribution < 1.29 is 9.50 Å². The second kappa shape index (κ2) is 8.81. The number of aliphatic hydroxyl groups is 1. The number of halogens is 2. The molecule has 2 aromatic carbocycles. The van der Waals surface area contributed by atoms with Crippen LogP contribution in [0.4, 0.5) is 4.39 Å². The molecule has 2 rings (SSSR count). The van der Waals surface area contributed by atoms with E-state index in [-0.39, 0.29) is 11.7 Å². The smallest absolute Gasteiger partial charge is 0.123 e. The minimum absolute atomic E-state index is 0.00631. The van der Waals surface area contributed by atoms with Gasteiger partial charge in [-0.1, -0.05) is 48.9 Å². The molecule has 2 unspecified atom stereocenters. The van der Waals surface area contributed by atoms with E-state index in [0.29, 0.717) is 11.4 Å². The van der Waals surface area contributed by atoms with Crippen molar-refractivity contribution in [3.63, 3.8) is 0 Å². The Kier molecular flexibility index (Phi) is 6.99. The fourth-order valence-electron chi connectivity index (χ4n) is 3.29. The van der Waals surface area contributed by atoms with Crippen LogP contribution in [0, 0.1) is 11.7 Å². The Labute approximate surface area is 160 Å². The monoisotopic (exact) mass is 375 g/mol. The highest BCUT2D eigenvalue weighted by atomic mass is 35.5. The van der Waals surface area contributed by atoms with Crippen LogP contribution in [-0.2, 0) is 6.42 Å². The Morgan fingerprint density at radius 1 is 1.23 bits per heavy atom. The zero-order valence-corrected chi connectivity index (χ0v) is 16.6. The second-order valence-corrected chi connectivity index (χ2v) is 7.71. The Balaban J connectivity index is 2.39. The summed E-state index contributed by atoms with van der Waals surface area (Å²) in [4.78, 5) is 2.07. The van der Waals surface area contributed by atoms with E-state index in [9.17, 15) is 9.50 Å². The highest BCUT2D eigenvalue weighted by molar-refractivity contribution is 6.30. The topological polar surface area (TPSA) is 23.5 Å². The van der Waals surface area contributed by atoms with Crippen LogP contribution in [0.1, 0.15) is 25.0 Å². The van der Waals surface area contributed by atoms with Crippen LogP contribution in [0.5, 0.6) is 0 Å². The van der Waals surface area contributed by atoms with E-state index in [1.165, 1.54) is 12.1 Å². The van der Waals surface area contributed by atoms with E-state index >= 15 is 0 Å². The summed E-state index contributed by atoms with van der Waals surface area (Å²) in [6.07, 6.45) is 2.39. The first kappa shape index (κ1) is 20.6. The minimum atomic E-state index is -1.04. The Morgan fingerprint density at radius 2 is 1.88 bits per heavy atom. The third-order valence-corrected chi connectivity index (χ3v) is 4.99. The van der Waals surface area contributed by atoms with E-state index in [4.69, 9.17) is 11.6 Å². The van der Waals surface area contributed by atoms with Gasteiger partial charge in [0.15, 0.2) is 0 Å². The lowest BCUT2D eigenvalue weighted by molar-refractivity contribution is 0.0150. The van der Waals surface area contributed by atoms with Crippen molar-refractivity contribution in [2.75, 3.05) is 20.6 Å². The molecule has 0 saturated carbocycles. The largest absolute Gasteiger partial charge is 0.385 e. The minimum Gasteiger partial charge on any atom is -0.385 e. The van der Waals surface area contributed by atoms with Gasteiger partial charge in [-0.3, -0.25) is 0 Å². The van der Waals surface area contributed by atoms with Crippen molar-refractivity contribution in [2.24, 2.45) is 5.92 Å². The molecule has 4 heteroatoms. The summed E-state index contributed by atoms with van der Waals surface area (Å²) in [5, 5.41) is 12.3. The highest BCUT2D eigenvalue weighted by Crippen LogP contribution is 2.32. The van der Waals surface area contributed by atoms with E-state index in [2.05, 4.69) is 4.90 Å². The van der Waals surface area contributed by atoms with Gasteiger partial charge in [-0.15, -0.1) is 0 Å². The molecule has 0 aliphatic heterocycles. The maximum atomic E-state index is 13.2. The molecule has 2 atom stereocenters. The lowest BCUT2D eigenvalue weighted by Crippen LogP contribution is -2.44. The fourth-order valence-corrected chi connectivity index (χ4v) is 3.51. The zero-order valence-electron chi connectivity index (χ0n) is 15.8. The molecular formula is C22H27ClFNO. The Hall–Kier alpha value is -1.68. The molecule has 0 fully saturated rings. The summed E-state index contributed by atoms with van der Waals surface area (Å²) in [5.74, 6) is -0.275. The van der Waals surface area contributed by atoms with Crippen LogP contribution in [-0.4, -0.2) is 36.2 Å². The third kappa shape index (κ3) is 5.41. The van der Waals surface area contributed by atoms with Crippen LogP contribution < -0.4 is 0 Å². The SMILES string of the molecule is CC(=Cc1ccc(F)cc1)C(O)(Cc1cccc(Cl)c1)C(C)CN(C)C. The molecular weight excluding hydrogens is 349 g/mol. The van der Waals surface area contributed by atoms with E-state index in [0.717, 1.165) is 23.2 Å². The lowest BCUT2D eigenvalue weighted by atomic mass is 9.77. The predicted molar refractivity (Wildman–Crippen MR) is 108 cm³/mol. The first-order valence-electron chi connectivity index (χ1n) is 8.76. The molecule has 2 aromatic rings. The summed E-state index contributed by atoms with van der Waals surface area (Å²) in [6, 6.07) is 13.9. The molecule has 26 heavy (non-hydrogen) atoms. The van der Waals surface area contributed by atoms with E-state index in [1.54, 1.807) is 12.1 Å². The lowest BCUT2D eigenvalue weighted by Gasteiger charge is -2.37. The van der Waals surface area contributed by atoms with Gasteiger partial charge in [-0.05, 0) is 62.0 Å². The third-order valence-electron chi connectivity index (χ3n) is 4.75. The van der Waals surface area contributed by atoms with Crippen molar-refractivity contribution in [1.29, 1.82) is 0 Å². The van der Waals surface area contributed by atoms with Crippen molar-refractivity contribution in [2.45, 2.75) is 25.9 Å². The Bertz CT molecular complexity index is 757. The van der Waals surface area contributed by atoms with Gasteiger partial charge in [0.1, 0.15) is 5.82 Å². The molecule has 0 aliphatic carbocycles. The Morgan fingerprint density at radius 3 is 2.46 bits per heavy atom. The standard InChI is InChI=1S/C22H27ClFNO/c1-16(12-18-8-10-21(24)11-9-18)22(26,17(2)15-25(3)4)14-19-6-5-7-20(23)13-19/h5-13,17,26H,14-15H2,1-4H3. The van der Waals surface area contributed by atoms with Gasteiger partial charge in [0.05, 0.1) is 5.60 Å². The number of hydrogen-bond donors (Lipinski definition) is 1. The van der Waals surface area contributed by atoms with Crippen molar-refractivity contribution in [1.82, 2.24) is 4.90 Å². The van der Waals surface area contributed by atoms with Crippen LogP contribution in [0.15, 0.2) is 54.1 Å². The fraction of sp³-hybridized carbons (Fsp3) is 0.364. The highest BCUT2D eigenvalue weighted by Gasteiger charge is 2.36. The molecule has 140 valence electrons. The number of rotatable bonds is 7. The van der Waals surface area contributed by atoms with E-state index < -0.39 is 5.60 Å². The normalized spacial score (nSPS) is 15.8. The van der Waals surface area contributed by atoms with Crippen molar-refractivity contribution >= 4 is 17.7 Å². The van der Waals surface area contributed by atoms with Crippen LogP contribution in [0.2, 0.25) is 5.02 Å². The first-order chi connectivity index (χ1) is 12.2. The molecule has 0 saturated heterocycles. The molecule has 0 aromatic heterocycles. The van der Waals surface area contributed by atoms with Crippen LogP contribution >= 0.6 is 11.6 Å². The summed E-state index contributed by atoms with van der Waals surface area (Å²) in [7, 11) is 3.99. The van der Waals surface area contributed by atoms with Gasteiger partial charge in [0.2, 0.25) is 0 Å². The molecule has 0 radical (unpaired) electrons. The molecule has 0 heterocycles. The molecule has 0 spiro atoms. The maximum absolute atomic E-state index is 13.2. The summed E-state index contributed by atoms with van der Waals surface area (Å²) < 4.78 is 13.2. The van der Waals surface area contributed by atoms with Gasteiger partial charge < -0.3 is 10.0 Å². The van der Waals surface area contributed by atoms with Gasteiger partial charge >= 0.3 is 0 Å². The summed E-state index contributed by atoms with van der Waals surface area (Å²) in [6.45, 7) is 4.72. The van der Waals surface area contributed by atoms with Gasteiger partial charge in [-0.25, -0.2) is 4.39 Å². The van der Waals surface area contributed by atoms with Crippen molar-refractivity contribution in [3.8, 4) is 0 Å². The van der Waals surface area contributed by atoms with E-state index in [1.807, 2.05) is 58.3 Å². The molecule has 2 nitrogen and oxygen atoms in total. The van der Waals surface area contributed by atoms with Gasteiger partial charge in [-0.2, -0.15) is 0 Å². The number of nitrogens with zero attached hydrogens (tertiary/aromatic N) is 1.